The van der Waals surface area contributed by atoms with Gasteiger partial charge in [0, 0.05) is 24.9 Å². The van der Waals surface area contributed by atoms with Crippen molar-refractivity contribution in [3.05, 3.63) is 0 Å². The Morgan fingerprint density at radius 3 is 2.25 bits per heavy atom. The van der Waals surface area contributed by atoms with Gasteiger partial charge in [-0.3, -0.25) is 4.79 Å². The quantitative estimate of drug-likeness (QED) is 0.680. The number of hydrogen-bond donors (Lipinski definition) is 0. The Balaban J connectivity index is 1.84. The molecular formula is C13H20N2O. The first-order chi connectivity index (χ1) is 7.81. The summed E-state index contributed by atoms with van der Waals surface area (Å²) in [6.07, 6.45) is 7.62. The minimum atomic E-state index is 0.176. The highest BCUT2D eigenvalue weighted by atomic mass is 16.2. The van der Waals surface area contributed by atoms with Gasteiger partial charge < -0.3 is 4.90 Å². The van der Waals surface area contributed by atoms with E-state index in [2.05, 4.69) is 6.07 Å². The lowest BCUT2D eigenvalue weighted by molar-refractivity contribution is -0.137. The van der Waals surface area contributed by atoms with E-state index in [1.54, 1.807) is 0 Å². The van der Waals surface area contributed by atoms with Gasteiger partial charge >= 0.3 is 0 Å². The van der Waals surface area contributed by atoms with Crippen molar-refractivity contribution in [2.24, 2.45) is 11.8 Å². The van der Waals surface area contributed by atoms with E-state index in [0.717, 1.165) is 38.8 Å². The SMILES string of the molecule is N#CC1CCN(C(=O)C2CCCCC2)CC1. The van der Waals surface area contributed by atoms with E-state index in [1.165, 1.54) is 19.3 Å². The van der Waals surface area contributed by atoms with Crippen molar-refractivity contribution in [2.45, 2.75) is 44.9 Å². The highest BCUT2D eigenvalue weighted by Gasteiger charge is 2.28. The minimum absolute atomic E-state index is 0.176. The summed E-state index contributed by atoms with van der Waals surface area (Å²) in [6.45, 7) is 1.60. The van der Waals surface area contributed by atoms with E-state index < -0.39 is 0 Å². The summed E-state index contributed by atoms with van der Waals surface area (Å²) in [5.74, 6) is 0.818. The third-order valence-corrected chi connectivity index (χ3v) is 3.94. The summed E-state index contributed by atoms with van der Waals surface area (Å²) >= 11 is 0. The van der Waals surface area contributed by atoms with Gasteiger partial charge in [0.1, 0.15) is 0 Å². The number of carbonyl (C=O) groups excluding carboxylic acids is 1. The summed E-state index contributed by atoms with van der Waals surface area (Å²) in [7, 11) is 0. The molecule has 16 heavy (non-hydrogen) atoms. The summed E-state index contributed by atoms with van der Waals surface area (Å²) < 4.78 is 0. The lowest BCUT2D eigenvalue weighted by atomic mass is 9.87. The summed E-state index contributed by atoms with van der Waals surface area (Å²) in [5.41, 5.74) is 0. The third-order valence-electron chi connectivity index (χ3n) is 3.94. The summed E-state index contributed by atoms with van der Waals surface area (Å²) in [4.78, 5) is 14.2. The Hall–Kier alpha value is -1.04. The number of nitrogens with zero attached hydrogens (tertiary/aromatic N) is 2. The largest absolute Gasteiger partial charge is 0.342 e. The molecule has 1 aliphatic heterocycles. The molecule has 0 bridgehead atoms. The number of hydrogen-bond acceptors (Lipinski definition) is 2. The average Bonchev–Trinajstić information content (AvgIpc) is 2.39. The molecule has 0 aromatic carbocycles. The molecule has 2 aliphatic rings. The molecule has 0 unspecified atom stereocenters. The van der Waals surface area contributed by atoms with E-state index in [1.807, 2.05) is 4.90 Å². The lowest BCUT2D eigenvalue weighted by Gasteiger charge is -2.33. The zero-order valence-electron chi connectivity index (χ0n) is 9.82. The van der Waals surface area contributed by atoms with E-state index in [9.17, 15) is 4.79 Å². The van der Waals surface area contributed by atoms with Gasteiger partial charge in [-0.25, -0.2) is 0 Å². The smallest absolute Gasteiger partial charge is 0.225 e. The molecule has 0 N–H and O–H groups in total. The first-order valence-corrected chi connectivity index (χ1v) is 6.49. The lowest BCUT2D eigenvalue weighted by Crippen LogP contribution is -2.42. The molecule has 1 saturated carbocycles. The van der Waals surface area contributed by atoms with Crippen LogP contribution < -0.4 is 0 Å². The number of nitriles is 1. The molecule has 0 radical (unpaired) electrons. The minimum Gasteiger partial charge on any atom is -0.342 e. The van der Waals surface area contributed by atoms with Crippen LogP contribution in [0, 0.1) is 23.2 Å². The second-order valence-electron chi connectivity index (χ2n) is 5.06. The number of piperidine rings is 1. The standard InChI is InChI=1S/C13H20N2O/c14-10-11-6-8-15(9-7-11)13(16)12-4-2-1-3-5-12/h11-12H,1-9H2. The molecule has 2 fully saturated rings. The Morgan fingerprint density at radius 1 is 1.06 bits per heavy atom. The first kappa shape index (κ1) is 11.4. The second-order valence-corrected chi connectivity index (χ2v) is 5.06. The van der Waals surface area contributed by atoms with Crippen LogP contribution in [0.5, 0.6) is 0 Å². The van der Waals surface area contributed by atoms with E-state index in [-0.39, 0.29) is 11.8 Å². The Morgan fingerprint density at radius 2 is 1.69 bits per heavy atom. The molecule has 0 aromatic rings. The molecule has 1 heterocycles. The van der Waals surface area contributed by atoms with Crippen molar-refractivity contribution in [1.29, 1.82) is 5.26 Å². The number of carbonyl (C=O) groups is 1. The van der Waals surface area contributed by atoms with Crippen LogP contribution in [0.1, 0.15) is 44.9 Å². The topological polar surface area (TPSA) is 44.1 Å². The Bertz CT molecular complexity index is 281. The fourth-order valence-electron chi connectivity index (χ4n) is 2.84. The van der Waals surface area contributed by atoms with Gasteiger partial charge in [-0.1, -0.05) is 19.3 Å². The zero-order valence-corrected chi connectivity index (χ0v) is 9.82. The number of likely N-dealkylation sites (tertiary alicyclic amines) is 1. The molecule has 2 rings (SSSR count). The van der Waals surface area contributed by atoms with Crippen LogP contribution >= 0.6 is 0 Å². The average molecular weight is 220 g/mol. The monoisotopic (exact) mass is 220 g/mol. The number of rotatable bonds is 1. The van der Waals surface area contributed by atoms with Gasteiger partial charge in [0.25, 0.3) is 0 Å². The summed E-state index contributed by atoms with van der Waals surface area (Å²) in [5, 5.41) is 8.81. The van der Waals surface area contributed by atoms with Crippen LogP contribution in [0.2, 0.25) is 0 Å². The maximum Gasteiger partial charge on any atom is 0.225 e. The second kappa shape index (κ2) is 5.34. The normalized spacial score (nSPS) is 24.1. The number of amides is 1. The molecule has 0 aromatic heterocycles. The third kappa shape index (κ3) is 2.55. The zero-order chi connectivity index (χ0) is 11.4. The highest BCUT2D eigenvalue weighted by Crippen LogP contribution is 2.27. The van der Waals surface area contributed by atoms with Crippen molar-refractivity contribution in [1.82, 2.24) is 4.90 Å². The van der Waals surface area contributed by atoms with Gasteiger partial charge in [0.05, 0.1) is 6.07 Å². The molecule has 1 amide bonds. The molecule has 1 aliphatic carbocycles. The van der Waals surface area contributed by atoms with Gasteiger partial charge in [0.2, 0.25) is 5.91 Å². The van der Waals surface area contributed by atoms with Gasteiger partial charge in [0.15, 0.2) is 0 Å². The molecular weight excluding hydrogens is 200 g/mol. The van der Waals surface area contributed by atoms with Crippen molar-refractivity contribution in [2.75, 3.05) is 13.1 Å². The predicted molar refractivity (Wildman–Crippen MR) is 61.5 cm³/mol. The van der Waals surface area contributed by atoms with Crippen molar-refractivity contribution >= 4 is 5.91 Å². The van der Waals surface area contributed by atoms with E-state index in [0.29, 0.717) is 5.91 Å². The van der Waals surface area contributed by atoms with Gasteiger partial charge in [-0.2, -0.15) is 5.26 Å². The molecule has 0 spiro atoms. The molecule has 1 saturated heterocycles. The van der Waals surface area contributed by atoms with E-state index in [4.69, 9.17) is 5.26 Å². The maximum absolute atomic E-state index is 12.2. The Kier molecular flexibility index (Phi) is 3.82. The molecule has 3 heteroatoms. The van der Waals surface area contributed by atoms with Gasteiger partial charge in [-0.05, 0) is 25.7 Å². The van der Waals surface area contributed by atoms with Crippen molar-refractivity contribution in [3.63, 3.8) is 0 Å². The first-order valence-electron chi connectivity index (χ1n) is 6.49. The molecule has 0 atom stereocenters. The molecule has 88 valence electrons. The summed E-state index contributed by atoms with van der Waals surface area (Å²) in [6, 6.07) is 2.30. The predicted octanol–water partition coefficient (Wildman–Crippen LogP) is 2.33. The van der Waals surface area contributed by atoms with Gasteiger partial charge in [-0.15, -0.1) is 0 Å². The Labute approximate surface area is 97.4 Å². The van der Waals surface area contributed by atoms with Crippen LogP contribution in [0.3, 0.4) is 0 Å². The fourth-order valence-corrected chi connectivity index (χ4v) is 2.84. The van der Waals surface area contributed by atoms with E-state index >= 15 is 0 Å². The highest BCUT2D eigenvalue weighted by molar-refractivity contribution is 5.79. The maximum atomic E-state index is 12.2. The van der Waals surface area contributed by atoms with Crippen molar-refractivity contribution in [3.8, 4) is 6.07 Å². The van der Waals surface area contributed by atoms with Crippen LogP contribution in [0.15, 0.2) is 0 Å². The molecule has 3 nitrogen and oxygen atoms in total. The van der Waals surface area contributed by atoms with Crippen LogP contribution in [0.25, 0.3) is 0 Å². The van der Waals surface area contributed by atoms with Crippen LogP contribution in [0.4, 0.5) is 0 Å². The van der Waals surface area contributed by atoms with Crippen molar-refractivity contribution < 1.29 is 4.79 Å². The van der Waals surface area contributed by atoms with Crippen LogP contribution in [-0.4, -0.2) is 23.9 Å². The van der Waals surface area contributed by atoms with Crippen LogP contribution in [-0.2, 0) is 4.79 Å². The fraction of sp³-hybridized carbons (Fsp3) is 0.846.